The van der Waals surface area contributed by atoms with Gasteiger partial charge in [0.1, 0.15) is 5.54 Å². The van der Waals surface area contributed by atoms with Crippen molar-refractivity contribution in [3.63, 3.8) is 0 Å². The van der Waals surface area contributed by atoms with Crippen molar-refractivity contribution < 1.29 is 23.5 Å². The van der Waals surface area contributed by atoms with Crippen molar-refractivity contribution in [1.82, 2.24) is 14.7 Å². The number of rotatable bonds is 2. The maximum atomic E-state index is 13.3. The van der Waals surface area contributed by atoms with Gasteiger partial charge in [-0.25, -0.2) is 8.78 Å². The Balaban J connectivity index is 1.52. The lowest BCUT2D eigenvalue weighted by Crippen LogP contribution is -2.80. The highest BCUT2D eigenvalue weighted by Crippen LogP contribution is 2.40. The summed E-state index contributed by atoms with van der Waals surface area (Å²) in [6.07, 6.45) is -0.285. The zero-order valence-corrected chi connectivity index (χ0v) is 13.8. The van der Waals surface area contributed by atoms with Gasteiger partial charge in [-0.15, -0.1) is 0 Å². The summed E-state index contributed by atoms with van der Waals surface area (Å²) in [5.74, 6) is -2.31. The molecule has 4 rings (SSSR count). The molecule has 6 nitrogen and oxygen atoms in total. The molecule has 1 aromatic rings. The van der Waals surface area contributed by atoms with Crippen molar-refractivity contribution >= 4 is 11.8 Å². The summed E-state index contributed by atoms with van der Waals surface area (Å²) in [4.78, 5) is 30.0. The summed E-state index contributed by atoms with van der Waals surface area (Å²) in [5, 5.41) is 9.95. The fourth-order valence-corrected chi connectivity index (χ4v) is 4.30. The van der Waals surface area contributed by atoms with E-state index in [0.29, 0.717) is 38.2 Å². The van der Waals surface area contributed by atoms with Crippen LogP contribution in [0.4, 0.5) is 8.78 Å². The van der Waals surface area contributed by atoms with Gasteiger partial charge in [0.25, 0.3) is 5.91 Å². The fraction of sp³-hybridized carbons (Fsp3) is 0.529. The number of aliphatic hydroxyl groups is 1. The average molecular weight is 351 g/mol. The van der Waals surface area contributed by atoms with Crippen LogP contribution in [-0.2, 0) is 16.1 Å². The molecular formula is C17H19F2N3O3. The summed E-state index contributed by atoms with van der Waals surface area (Å²) < 4.78 is 26.4. The Bertz CT molecular complexity index is 751. The molecule has 3 fully saturated rings. The van der Waals surface area contributed by atoms with Crippen LogP contribution in [0, 0.1) is 11.6 Å². The van der Waals surface area contributed by atoms with E-state index in [1.807, 2.05) is 9.80 Å². The zero-order valence-electron chi connectivity index (χ0n) is 13.8. The number of likely N-dealkylation sites (N-methyl/N-ethyl adjacent to an activating group) is 1. The van der Waals surface area contributed by atoms with Crippen LogP contribution in [0.15, 0.2) is 18.2 Å². The third-order valence-corrected chi connectivity index (χ3v) is 5.51. The Morgan fingerprint density at radius 2 is 1.96 bits per heavy atom. The van der Waals surface area contributed by atoms with Crippen molar-refractivity contribution in [2.75, 3.05) is 26.7 Å². The van der Waals surface area contributed by atoms with Gasteiger partial charge in [0.15, 0.2) is 11.6 Å². The summed E-state index contributed by atoms with van der Waals surface area (Å²) >= 11 is 0. The molecular weight excluding hydrogens is 332 g/mol. The lowest BCUT2D eigenvalue weighted by molar-refractivity contribution is -0.178. The number of carbonyl (C=O) groups excluding carboxylic acids is 2. The van der Waals surface area contributed by atoms with Crippen molar-refractivity contribution in [2.45, 2.75) is 30.7 Å². The first-order valence-corrected chi connectivity index (χ1v) is 8.25. The molecule has 3 aliphatic heterocycles. The minimum atomic E-state index is -0.894. The highest BCUT2D eigenvalue weighted by Gasteiger charge is 2.63. The van der Waals surface area contributed by atoms with E-state index in [1.54, 1.807) is 0 Å². The Morgan fingerprint density at radius 1 is 1.24 bits per heavy atom. The van der Waals surface area contributed by atoms with Gasteiger partial charge in [0.05, 0.1) is 12.1 Å². The minimum absolute atomic E-state index is 0.260. The van der Waals surface area contributed by atoms with Crippen molar-refractivity contribution in [1.29, 1.82) is 0 Å². The van der Waals surface area contributed by atoms with Crippen LogP contribution in [0.25, 0.3) is 0 Å². The van der Waals surface area contributed by atoms with E-state index < -0.39 is 29.3 Å². The Kier molecular flexibility index (Phi) is 3.68. The van der Waals surface area contributed by atoms with E-state index in [4.69, 9.17) is 0 Å². The van der Waals surface area contributed by atoms with Gasteiger partial charge in [0, 0.05) is 33.2 Å². The molecule has 3 saturated heterocycles. The molecule has 2 atom stereocenters. The van der Waals surface area contributed by atoms with E-state index in [1.165, 1.54) is 13.1 Å². The molecule has 25 heavy (non-hydrogen) atoms. The SMILES string of the molecule is CN1C(=O)[C@@H]2C[C@@H](O)CN2C2(CN(Cc3ccc(F)c(F)c3)C2)C1=O. The third-order valence-electron chi connectivity index (χ3n) is 5.51. The lowest BCUT2D eigenvalue weighted by Gasteiger charge is -2.58. The van der Waals surface area contributed by atoms with Gasteiger partial charge in [0.2, 0.25) is 5.91 Å². The van der Waals surface area contributed by atoms with Crippen molar-refractivity contribution in [3.8, 4) is 0 Å². The van der Waals surface area contributed by atoms with Crippen LogP contribution < -0.4 is 0 Å². The third kappa shape index (κ3) is 2.39. The predicted molar refractivity (Wildman–Crippen MR) is 83.3 cm³/mol. The first-order chi connectivity index (χ1) is 11.8. The number of hydrogen-bond acceptors (Lipinski definition) is 5. The first-order valence-electron chi connectivity index (χ1n) is 8.25. The van der Waals surface area contributed by atoms with Gasteiger partial charge in [-0.05, 0) is 24.1 Å². The molecule has 0 aromatic heterocycles. The molecule has 3 heterocycles. The molecule has 0 unspecified atom stereocenters. The molecule has 0 saturated carbocycles. The number of fused-ring (bicyclic) bond motifs is 2. The second kappa shape index (κ2) is 5.55. The number of β-amino-alcohol motifs (C(OH)–C–C–N with tert-alkyl or cyclic N) is 1. The van der Waals surface area contributed by atoms with Crippen LogP contribution in [-0.4, -0.2) is 76.0 Å². The molecule has 2 amide bonds. The number of piperazine rings is 1. The van der Waals surface area contributed by atoms with E-state index >= 15 is 0 Å². The van der Waals surface area contributed by atoms with E-state index in [2.05, 4.69) is 0 Å². The summed E-state index contributed by atoms with van der Waals surface area (Å²) in [6, 6.07) is 3.29. The number of aliphatic hydroxyl groups excluding tert-OH is 1. The number of imide groups is 1. The molecule has 0 radical (unpaired) electrons. The number of benzene rings is 1. The van der Waals surface area contributed by atoms with Crippen LogP contribution in [0.2, 0.25) is 0 Å². The largest absolute Gasteiger partial charge is 0.392 e. The van der Waals surface area contributed by atoms with E-state index in [0.717, 1.165) is 17.0 Å². The number of halogens is 2. The maximum Gasteiger partial charge on any atom is 0.252 e. The number of likely N-dealkylation sites (tertiary alicyclic amines) is 1. The van der Waals surface area contributed by atoms with Crippen LogP contribution >= 0.6 is 0 Å². The zero-order chi connectivity index (χ0) is 17.9. The lowest BCUT2D eigenvalue weighted by atomic mass is 9.82. The second-order valence-corrected chi connectivity index (χ2v) is 7.19. The molecule has 1 N–H and O–H groups in total. The summed E-state index contributed by atoms with van der Waals surface area (Å²) in [7, 11) is 1.48. The van der Waals surface area contributed by atoms with E-state index in [9.17, 15) is 23.5 Å². The number of amides is 2. The summed E-state index contributed by atoms with van der Waals surface area (Å²) in [6.45, 7) is 1.48. The maximum absolute atomic E-state index is 13.3. The van der Waals surface area contributed by atoms with Crippen molar-refractivity contribution in [2.24, 2.45) is 0 Å². The Hall–Kier alpha value is -1.90. The Morgan fingerprint density at radius 3 is 2.64 bits per heavy atom. The smallest absolute Gasteiger partial charge is 0.252 e. The number of hydrogen-bond donors (Lipinski definition) is 1. The van der Waals surface area contributed by atoms with Gasteiger partial charge < -0.3 is 5.11 Å². The molecule has 0 bridgehead atoms. The average Bonchev–Trinajstić information content (AvgIpc) is 2.93. The van der Waals surface area contributed by atoms with Gasteiger partial charge in [-0.1, -0.05) is 6.07 Å². The van der Waals surface area contributed by atoms with Gasteiger partial charge >= 0.3 is 0 Å². The molecule has 1 aromatic carbocycles. The molecule has 8 heteroatoms. The fourth-order valence-electron chi connectivity index (χ4n) is 4.30. The van der Waals surface area contributed by atoms with E-state index in [-0.39, 0.29) is 11.8 Å². The number of nitrogens with zero attached hydrogens (tertiary/aromatic N) is 3. The van der Waals surface area contributed by atoms with Crippen LogP contribution in [0.3, 0.4) is 0 Å². The highest BCUT2D eigenvalue weighted by atomic mass is 19.2. The topological polar surface area (TPSA) is 64.1 Å². The normalized spacial score (nSPS) is 29.2. The first kappa shape index (κ1) is 16.6. The molecule has 0 aliphatic carbocycles. The molecule has 1 spiro atoms. The van der Waals surface area contributed by atoms with Gasteiger partial charge in [-0.3, -0.25) is 24.3 Å². The highest BCUT2D eigenvalue weighted by molar-refractivity contribution is 6.05. The standard InChI is InChI=1S/C17H19F2N3O3/c1-20-15(24)14-5-11(23)7-22(14)17(16(20)25)8-21(9-17)6-10-2-3-12(18)13(19)4-10/h2-4,11,14,23H,5-9H2,1H3/t11-,14+/m1/s1. The molecule has 134 valence electrons. The molecule has 3 aliphatic rings. The van der Waals surface area contributed by atoms with Crippen molar-refractivity contribution in [3.05, 3.63) is 35.4 Å². The Labute approximate surface area is 143 Å². The second-order valence-electron chi connectivity index (χ2n) is 7.19. The monoisotopic (exact) mass is 351 g/mol. The number of carbonyl (C=O) groups is 2. The minimum Gasteiger partial charge on any atom is -0.392 e. The van der Waals surface area contributed by atoms with Crippen LogP contribution in [0.5, 0.6) is 0 Å². The van der Waals surface area contributed by atoms with Gasteiger partial charge in [-0.2, -0.15) is 0 Å². The summed E-state index contributed by atoms with van der Waals surface area (Å²) in [5.41, 5.74) is -0.192. The quantitative estimate of drug-likeness (QED) is 0.757. The van der Waals surface area contributed by atoms with Crippen LogP contribution in [0.1, 0.15) is 12.0 Å². The predicted octanol–water partition coefficient (Wildman–Crippen LogP) is -0.0470.